The number of hydrogen-bond acceptors (Lipinski definition) is 3. The zero-order valence-corrected chi connectivity index (χ0v) is 16.9. The molecule has 0 N–H and O–H groups in total. The number of halogens is 1. The Morgan fingerprint density at radius 3 is 2.59 bits per heavy atom. The van der Waals surface area contributed by atoms with E-state index in [9.17, 15) is 4.79 Å². The van der Waals surface area contributed by atoms with E-state index in [2.05, 4.69) is 28.2 Å². The molecule has 0 radical (unpaired) electrons. The number of amides is 1. The average Bonchev–Trinajstić information content (AvgIpc) is 3.20. The predicted molar refractivity (Wildman–Crippen MR) is 117 cm³/mol. The molecule has 0 unspecified atom stereocenters. The van der Waals surface area contributed by atoms with Gasteiger partial charge in [0.05, 0.1) is 12.7 Å². The van der Waals surface area contributed by atoms with Gasteiger partial charge in [-0.15, -0.1) is 0 Å². The van der Waals surface area contributed by atoms with Crippen LogP contribution < -0.4 is 4.90 Å². The highest BCUT2D eigenvalue weighted by molar-refractivity contribution is 6.30. The highest BCUT2D eigenvalue weighted by atomic mass is 35.5. The summed E-state index contributed by atoms with van der Waals surface area (Å²) in [5.74, 6) is 0.0338. The molecule has 2 aromatic carbocycles. The molecule has 0 atom stereocenters. The molecule has 3 aromatic rings. The minimum absolute atomic E-state index is 0.0338. The molecule has 0 bridgehead atoms. The molecule has 1 aromatic heterocycles. The zero-order valence-electron chi connectivity index (χ0n) is 16.1. The third kappa shape index (κ3) is 5.06. The number of benzene rings is 2. The van der Waals surface area contributed by atoms with Crippen LogP contribution in [0.1, 0.15) is 11.1 Å². The van der Waals surface area contributed by atoms with Crippen LogP contribution >= 0.6 is 11.6 Å². The second kappa shape index (κ2) is 8.97. The Morgan fingerprint density at radius 2 is 1.83 bits per heavy atom. The molecule has 0 aliphatic carbocycles. The van der Waals surface area contributed by atoms with E-state index in [1.54, 1.807) is 12.3 Å². The lowest BCUT2D eigenvalue weighted by atomic mass is 10.2. The van der Waals surface area contributed by atoms with Gasteiger partial charge in [0.1, 0.15) is 0 Å². The van der Waals surface area contributed by atoms with E-state index in [1.165, 1.54) is 5.56 Å². The number of aromatic nitrogens is 2. The van der Waals surface area contributed by atoms with E-state index >= 15 is 0 Å². The maximum atomic E-state index is 12.5. The van der Waals surface area contributed by atoms with Crippen LogP contribution in [0.2, 0.25) is 5.02 Å². The number of nitrogens with zero attached hydrogens (tertiary/aromatic N) is 4. The van der Waals surface area contributed by atoms with Crippen LogP contribution in [0.15, 0.2) is 73.1 Å². The molecule has 6 heteroatoms. The fraction of sp³-hybridized carbons (Fsp3) is 0.217. The normalized spacial score (nSPS) is 14.5. The summed E-state index contributed by atoms with van der Waals surface area (Å²) in [5, 5.41) is 5.11. The number of rotatable bonds is 5. The molecule has 4 rings (SSSR count). The van der Waals surface area contributed by atoms with Crippen molar-refractivity contribution in [2.75, 3.05) is 31.1 Å². The van der Waals surface area contributed by atoms with Crippen molar-refractivity contribution in [3.63, 3.8) is 0 Å². The Hall–Kier alpha value is -3.05. The molecule has 0 spiro atoms. The van der Waals surface area contributed by atoms with E-state index in [0.29, 0.717) is 19.6 Å². The van der Waals surface area contributed by atoms with Crippen molar-refractivity contribution in [1.29, 1.82) is 0 Å². The average molecular weight is 407 g/mol. The summed E-state index contributed by atoms with van der Waals surface area (Å²) in [7, 11) is 0. The lowest BCUT2D eigenvalue weighted by Crippen LogP contribution is -2.48. The van der Waals surface area contributed by atoms with E-state index < -0.39 is 0 Å². The second-order valence-electron chi connectivity index (χ2n) is 7.08. The summed E-state index contributed by atoms with van der Waals surface area (Å²) in [6.07, 6.45) is 7.21. The largest absolute Gasteiger partial charge is 0.368 e. The van der Waals surface area contributed by atoms with Gasteiger partial charge in [0.2, 0.25) is 5.91 Å². The van der Waals surface area contributed by atoms with Gasteiger partial charge in [0.25, 0.3) is 0 Å². The first-order valence-electron chi connectivity index (χ1n) is 9.71. The summed E-state index contributed by atoms with van der Waals surface area (Å²) in [6.45, 7) is 3.71. The topological polar surface area (TPSA) is 41.4 Å². The Kier molecular flexibility index (Phi) is 5.96. The lowest BCUT2D eigenvalue weighted by Gasteiger charge is -2.35. The van der Waals surface area contributed by atoms with Crippen LogP contribution in [0.5, 0.6) is 0 Å². The van der Waals surface area contributed by atoms with Gasteiger partial charge in [-0.3, -0.25) is 9.48 Å². The SMILES string of the molecule is O=C(/C=C/c1cnn(Cc2ccccc2)c1)N1CCN(c2cccc(Cl)c2)CC1. The smallest absolute Gasteiger partial charge is 0.246 e. The van der Waals surface area contributed by atoms with E-state index in [0.717, 1.165) is 29.4 Å². The number of hydrogen-bond donors (Lipinski definition) is 0. The molecular formula is C23H23ClN4O. The first-order valence-corrected chi connectivity index (χ1v) is 10.1. The van der Waals surface area contributed by atoms with Crippen LogP contribution in [0.3, 0.4) is 0 Å². The monoisotopic (exact) mass is 406 g/mol. The molecule has 1 aliphatic heterocycles. The molecule has 2 heterocycles. The van der Waals surface area contributed by atoms with Gasteiger partial charge in [0, 0.05) is 54.7 Å². The lowest BCUT2D eigenvalue weighted by molar-refractivity contribution is -0.126. The van der Waals surface area contributed by atoms with Crippen LogP contribution in [-0.2, 0) is 11.3 Å². The Balaban J connectivity index is 1.30. The molecule has 0 saturated carbocycles. The molecular weight excluding hydrogens is 384 g/mol. The van der Waals surface area contributed by atoms with E-state index in [4.69, 9.17) is 11.6 Å². The quantitative estimate of drug-likeness (QED) is 0.602. The highest BCUT2D eigenvalue weighted by Crippen LogP contribution is 2.20. The molecule has 1 amide bonds. The van der Waals surface area contributed by atoms with E-state index in [1.807, 2.05) is 58.3 Å². The van der Waals surface area contributed by atoms with E-state index in [-0.39, 0.29) is 5.91 Å². The molecule has 1 saturated heterocycles. The summed E-state index contributed by atoms with van der Waals surface area (Å²) in [6, 6.07) is 18.0. The fourth-order valence-electron chi connectivity index (χ4n) is 3.45. The van der Waals surface area contributed by atoms with Gasteiger partial charge >= 0.3 is 0 Å². The molecule has 1 aliphatic rings. The zero-order chi connectivity index (χ0) is 20.1. The third-order valence-corrected chi connectivity index (χ3v) is 5.26. The van der Waals surface area contributed by atoms with Crippen molar-refractivity contribution in [3.8, 4) is 0 Å². The summed E-state index contributed by atoms with van der Waals surface area (Å²) < 4.78 is 1.88. The standard InChI is InChI=1S/C23H23ClN4O/c24-21-7-4-8-22(15-21)26-11-13-27(14-12-26)23(29)10-9-20-16-25-28(18-20)17-19-5-2-1-3-6-19/h1-10,15-16,18H,11-14,17H2/b10-9+. The minimum Gasteiger partial charge on any atom is -0.368 e. The van der Waals surface area contributed by atoms with Crippen LogP contribution in [0, 0.1) is 0 Å². The van der Waals surface area contributed by atoms with Crippen molar-refractivity contribution >= 4 is 29.3 Å². The molecule has 1 fully saturated rings. The van der Waals surface area contributed by atoms with Gasteiger partial charge in [-0.05, 0) is 29.8 Å². The summed E-state index contributed by atoms with van der Waals surface area (Å²) >= 11 is 6.08. The number of carbonyl (C=O) groups is 1. The van der Waals surface area contributed by atoms with Gasteiger partial charge < -0.3 is 9.80 Å². The predicted octanol–water partition coefficient (Wildman–Crippen LogP) is 3.95. The van der Waals surface area contributed by atoms with Gasteiger partial charge in [0.15, 0.2) is 0 Å². The molecule has 148 valence electrons. The third-order valence-electron chi connectivity index (χ3n) is 5.02. The van der Waals surface area contributed by atoms with Crippen molar-refractivity contribution in [1.82, 2.24) is 14.7 Å². The number of anilines is 1. The first-order chi connectivity index (χ1) is 14.2. The van der Waals surface area contributed by atoms with Crippen LogP contribution in [-0.4, -0.2) is 46.8 Å². The van der Waals surface area contributed by atoms with Crippen LogP contribution in [0.25, 0.3) is 6.08 Å². The maximum absolute atomic E-state index is 12.5. The molecule has 29 heavy (non-hydrogen) atoms. The van der Waals surface area contributed by atoms with Crippen LogP contribution in [0.4, 0.5) is 5.69 Å². The Morgan fingerprint density at radius 1 is 1.03 bits per heavy atom. The van der Waals surface area contributed by atoms with Crippen molar-refractivity contribution in [3.05, 3.63) is 89.2 Å². The second-order valence-corrected chi connectivity index (χ2v) is 7.52. The van der Waals surface area contributed by atoms with Gasteiger partial charge in [-0.25, -0.2) is 0 Å². The van der Waals surface area contributed by atoms with Gasteiger partial charge in [-0.2, -0.15) is 5.10 Å². The van der Waals surface area contributed by atoms with Crippen molar-refractivity contribution in [2.24, 2.45) is 0 Å². The molecule has 5 nitrogen and oxygen atoms in total. The fourth-order valence-corrected chi connectivity index (χ4v) is 3.64. The number of carbonyl (C=O) groups excluding carboxylic acids is 1. The summed E-state index contributed by atoms with van der Waals surface area (Å²) in [4.78, 5) is 16.7. The highest BCUT2D eigenvalue weighted by Gasteiger charge is 2.19. The Bertz CT molecular complexity index is 991. The minimum atomic E-state index is 0.0338. The van der Waals surface area contributed by atoms with Crippen molar-refractivity contribution in [2.45, 2.75) is 6.54 Å². The Labute approximate surface area is 175 Å². The maximum Gasteiger partial charge on any atom is 0.246 e. The number of piperazine rings is 1. The van der Waals surface area contributed by atoms with Gasteiger partial charge in [-0.1, -0.05) is 48.0 Å². The van der Waals surface area contributed by atoms with Crippen molar-refractivity contribution < 1.29 is 4.79 Å². The summed E-state index contributed by atoms with van der Waals surface area (Å²) in [5.41, 5.74) is 3.22. The first kappa shape index (κ1) is 19.3.